The van der Waals surface area contributed by atoms with Gasteiger partial charge in [0.15, 0.2) is 0 Å². The molecule has 0 saturated carbocycles. The molecule has 2 aromatic rings. The van der Waals surface area contributed by atoms with Crippen molar-refractivity contribution < 1.29 is 13.9 Å². The zero-order chi connectivity index (χ0) is 19.1. The highest BCUT2D eigenvalue weighted by Crippen LogP contribution is 2.21. The molecule has 1 fully saturated rings. The van der Waals surface area contributed by atoms with Crippen molar-refractivity contribution in [3.05, 3.63) is 59.4 Å². The van der Waals surface area contributed by atoms with Gasteiger partial charge < -0.3 is 9.47 Å². The van der Waals surface area contributed by atoms with Crippen molar-refractivity contribution in [2.45, 2.75) is 6.54 Å². The fraction of sp³-hybridized carbons (Fsp3) is 0.381. The van der Waals surface area contributed by atoms with Crippen LogP contribution in [0.4, 0.5) is 4.39 Å². The summed E-state index contributed by atoms with van der Waals surface area (Å²) in [5, 5.41) is 8.92. The summed E-state index contributed by atoms with van der Waals surface area (Å²) in [5.74, 6) is 1.22. The molecule has 0 amide bonds. The topological polar surface area (TPSA) is 48.7 Å². The molecule has 1 aliphatic rings. The molecule has 0 spiro atoms. The first-order valence-corrected chi connectivity index (χ1v) is 9.08. The third-order valence-electron chi connectivity index (χ3n) is 4.74. The van der Waals surface area contributed by atoms with Crippen LogP contribution in [0.1, 0.15) is 11.1 Å². The minimum atomic E-state index is -0.234. The van der Waals surface area contributed by atoms with Crippen LogP contribution in [-0.2, 0) is 6.54 Å². The summed E-state index contributed by atoms with van der Waals surface area (Å²) in [6.07, 6.45) is 0. The van der Waals surface area contributed by atoms with E-state index in [1.807, 2.05) is 12.1 Å². The molecule has 3 rings (SSSR count). The number of benzene rings is 2. The number of nitriles is 1. The number of hydrogen-bond donors (Lipinski definition) is 0. The van der Waals surface area contributed by atoms with Crippen molar-refractivity contribution in [2.24, 2.45) is 0 Å². The van der Waals surface area contributed by atoms with Crippen molar-refractivity contribution in [1.82, 2.24) is 9.80 Å². The highest BCUT2D eigenvalue weighted by molar-refractivity contribution is 5.36. The Labute approximate surface area is 159 Å². The molecule has 5 nitrogen and oxygen atoms in total. The number of piperazine rings is 1. The maximum Gasteiger partial charge on any atom is 0.123 e. The van der Waals surface area contributed by atoms with E-state index in [9.17, 15) is 4.39 Å². The molecule has 6 heteroatoms. The molecular formula is C21H24FN3O2. The summed E-state index contributed by atoms with van der Waals surface area (Å²) in [5.41, 5.74) is 1.49. The van der Waals surface area contributed by atoms with E-state index in [4.69, 9.17) is 14.7 Å². The molecule has 27 heavy (non-hydrogen) atoms. The SMILES string of the molecule is COc1ccc(F)cc1CN1CCN(CCOc2cccc(C#N)c2)CC1. The molecule has 0 radical (unpaired) electrons. The van der Waals surface area contributed by atoms with E-state index in [0.29, 0.717) is 18.7 Å². The summed E-state index contributed by atoms with van der Waals surface area (Å²) < 4.78 is 24.6. The standard InChI is InChI=1S/C21H24FN3O2/c1-26-21-6-5-19(22)14-18(21)16-25-9-7-24(8-10-25)11-12-27-20-4-2-3-17(13-20)15-23/h2-6,13-14H,7-12,16H2,1H3. The smallest absolute Gasteiger partial charge is 0.123 e. The molecule has 0 aliphatic carbocycles. The van der Waals surface area contributed by atoms with Gasteiger partial charge in [-0.25, -0.2) is 4.39 Å². The van der Waals surface area contributed by atoms with E-state index in [0.717, 1.165) is 49.8 Å². The Morgan fingerprint density at radius 1 is 1.07 bits per heavy atom. The molecule has 1 aliphatic heterocycles. The second-order valence-electron chi connectivity index (χ2n) is 6.56. The van der Waals surface area contributed by atoms with Crippen LogP contribution in [-0.4, -0.2) is 56.2 Å². The Balaban J connectivity index is 1.43. The van der Waals surface area contributed by atoms with Gasteiger partial charge in [-0.3, -0.25) is 9.80 Å². The van der Waals surface area contributed by atoms with E-state index >= 15 is 0 Å². The maximum atomic E-state index is 13.5. The summed E-state index contributed by atoms with van der Waals surface area (Å²) in [6.45, 7) is 5.85. The van der Waals surface area contributed by atoms with Gasteiger partial charge in [0.25, 0.3) is 0 Å². The molecule has 0 N–H and O–H groups in total. The summed E-state index contributed by atoms with van der Waals surface area (Å²) in [4.78, 5) is 4.67. The van der Waals surface area contributed by atoms with Crippen LogP contribution in [0.25, 0.3) is 0 Å². The Morgan fingerprint density at radius 2 is 1.85 bits per heavy atom. The van der Waals surface area contributed by atoms with Crippen molar-refractivity contribution >= 4 is 0 Å². The molecule has 1 saturated heterocycles. The summed E-state index contributed by atoms with van der Waals surface area (Å²) in [7, 11) is 1.61. The van der Waals surface area contributed by atoms with E-state index in [1.165, 1.54) is 6.07 Å². The van der Waals surface area contributed by atoms with Crippen molar-refractivity contribution in [2.75, 3.05) is 46.4 Å². The van der Waals surface area contributed by atoms with Gasteiger partial charge in [0.2, 0.25) is 0 Å². The average Bonchev–Trinajstić information content (AvgIpc) is 2.70. The monoisotopic (exact) mass is 369 g/mol. The van der Waals surface area contributed by atoms with Gasteiger partial charge in [-0.15, -0.1) is 0 Å². The number of ether oxygens (including phenoxy) is 2. The minimum absolute atomic E-state index is 0.234. The highest BCUT2D eigenvalue weighted by Gasteiger charge is 2.18. The van der Waals surface area contributed by atoms with Crippen LogP contribution in [0.3, 0.4) is 0 Å². The highest BCUT2D eigenvalue weighted by atomic mass is 19.1. The first-order chi connectivity index (χ1) is 13.2. The van der Waals surface area contributed by atoms with Crippen molar-refractivity contribution in [3.8, 4) is 17.6 Å². The lowest BCUT2D eigenvalue weighted by atomic mass is 10.1. The van der Waals surface area contributed by atoms with Crippen LogP contribution < -0.4 is 9.47 Å². The lowest BCUT2D eigenvalue weighted by Crippen LogP contribution is -2.47. The van der Waals surface area contributed by atoms with Crippen molar-refractivity contribution in [3.63, 3.8) is 0 Å². The molecule has 2 aromatic carbocycles. The first-order valence-electron chi connectivity index (χ1n) is 9.08. The third kappa shape index (κ3) is 5.43. The van der Waals surface area contributed by atoms with Gasteiger partial charge in [-0.2, -0.15) is 5.26 Å². The van der Waals surface area contributed by atoms with E-state index < -0.39 is 0 Å². The molecule has 0 unspecified atom stereocenters. The zero-order valence-electron chi connectivity index (χ0n) is 15.5. The summed E-state index contributed by atoms with van der Waals surface area (Å²) >= 11 is 0. The van der Waals surface area contributed by atoms with E-state index in [-0.39, 0.29) is 5.82 Å². The number of rotatable bonds is 7. The maximum absolute atomic E-state index is 13.5. The van der Waals surface area contributed by atoms with Crippen LogP contribution in [0.2, 0.25) is 0 Å². The quantitative estimate of drug-likeness (QED) is 0.751. The fourth-order valence-corrected chi connectivity index (χ4v) is 3.23. The largest absolute Gasteiger partial charge is 0.496 e. The predicted molar refractivity (Wildman–Crippen MR) is 101 cm³/mol. The second kappa shape index (κ2) is 9.36. The zero-order valence-corrected chi connectivity index (χ0v) is 15.5. The third-order valence-corrected chi connectivity index (χ3v) is 4.74. The summed E-state index contributed by atoms with van der Waals surface area (Å²) in [6, 6.07) is 14.0. The second-order valence-corrected chi connectivity index (χ2v) is 6.56. The minimum Gasteiger partial charge on any atom is -0.496 e. The van der Waals surface area contributed by atoms with Gasteiger partial charge in [-0.1, -0.05) is 6.07 Å². The molecule has 0 aromatic heterocycles. The number of nitrogens with zero attached hydrogens (tertiary/aromatic N) is 3. The normalized spacial score (nSPS) is 15.3. The van der Waals surface area contributed by atoms with Gasteiger partial charge in [0.05, 0.1) is 18.7 Å². The average molecular weight is 369 g/mol. The van der Waals surface area contributed by atoms with E-state index in [1.54, 1.807) is 31.4 Å². The Bertz CT molecular complexity index is 798. The van der Waals surface area contributed by atoms with Crippen LogP contribution in [0.5, 0.6) is 11.5 Å². The van der Waals surface area contributed by atoms with Crippen LogP contribution in [0.15, 0.2) is 42.5 Å². The van der Waals surface area contributed by atoms with Gasteiger partial charge in [0, 0.05) is 44.8 Å². The molecule has 0 bridgehead atoms. The molecule has 1 heterocycles. The van der Waals surface area contributed by atoms with Gasteiger partial charge in [0.1, 0.15) is 23.9 Å². The van der Waals surface area contributed by atoms with Crippen LogP contribution >= 0.6 is 0 Å². The Morgan fingerprint density at radius 3 is 2.59 bits per heavy atom. The van der Waals surface area contributed by atoms with Crippen LogP contribution in [0, 0.1) is 17.1 Å². The number of hydrogen-bond acceptors (Lipinski definition) is 5. The first kappa shape index (κ1) is 19.2. The Kier molecular flexibility index (Phi) is 6.64. The van der Waals surface area contributed by atoms with Crippen molar-refractivity contribution in [1.29, 1.82) is 5.26 Å². The van der Waals surface area contributed by atoms with E-state index in [2.05, 4.69) is 15.9 Å². The van der Waals surface area contributed by atoms with Gasteiger partial charge in [-0.05, 0) is 36.4 Å². The number of halogens is 1. The lowest BCUT2D eigenvalue weighted by molar-refractivity contribution is 0.112. The molecule has 142 valence electrons. The Hall–Kier alpha value is -2.62. The fourth-order valence-electron chi connectivity index (χ4n) is 3.23. The number of methoxy groups -OCH3 is 1. The molecule has 0 atom stereocenters. The lowest BCUT2D eigenvalue weighted by Gasteiger charge is -2.34. The van der Waals surface area contributed by atoms with Gasteiger partial charge >= 0.3 is 0 Å². The predicted octanol–water partition coefficient (Wildman–Crippen LogP) is 2.90. The molecular weight excluding hydrogens is 345 g/mol.